The van der Waals surface area contributed by atoms with Gasteiger partial charge >= 0.3 is 0 Å². The maximum Gasteiger partial charge on any atom is 0.297 e. The SMILES string of the molecule is Cc1cccc(CC(O)O[N+](=O)[O-])c1. The van der Waals surface area contributed by atoms with Crippen molar-refractivity contribution in [2.75, 3.05) is 0 Å². The highest BCUT2D eigenvalue weighted by atomic mass is 17.0. The van der Waals surface area contributed by atoms with E-state index >= 15 is 0 Å². The van der Waals surface area contributed by atoms with E-state index in [9.17, 15) is 10.1 Å². The number of aryl methyl sites for hydroxylation is 1. The Labute approximate surface area is 81.0 Å². The second kappa shape index (κ2) is 4.57. The van der Waals surface area contributed by atoms with Crippen LogP contribution in [0.4, 0.5) is 0 Å². The lowest BCUT2D eigenvalue weighted by molar-refractivity contribution is -0.779. The van der Waals surface area contributed by atoms with E-state index in [1.165, 1.54) is 0 Å². The van der Waals surface area contributed by atoms with Crippen LogP contribution in [0.3, 0.4) is 0 Å². The second-order valence-corrected chi connectivity index (χ2v) is 2.98. The molecule has 5 nitrogen and oxygen atoms in total. The zero-order chi connectivity index (χ0) is 10.6. The maximum atomic E-state index is 9.89. The van der Waals surface area contributed by atoms with E-state index in [-0.39, 0.29) is 6.42 Å². The van der Waals surface area contributed by atoms with Crippen molar-refractivity contribution in [1.82, 2.24) is 0 Å². The molecule has 0 bridgehead atoms. The Bertz CT molecular complexity index is 326. The quantitative estimate of drug-likeness (QED) is 0.445. The van der Waals surface area contributed by atoms with E-state index in [2.05, 4.69) is 4.84 Å². The normalized spacial score (nSPS) is 12.1. The molecule has 0 radical (unpaired) electrons. The van der Waals surface area contributed by atoms with Gasteiger partial charge in [-0.25, -0.2) is 0 Å². The molecule has 0 aliphatic rings. The summed E-state index contributed by atoms with van der Waals surface area (Å²) in [7, 11) is 0. The lowest BCUT2D eigenvalue weighted by Gasteiger charge is -2.08. The number of nitrogens with zero attached hydrogens (tertiary/aromatic N) is 1. The van der Waals surface area contributed by atoms with Crippen LogP contribution < -0.4 is 0 Å². The second-order valence-electron chi connectivity index (χ2n) is 2.98. The van der Waals surface area contributed by atoms with Crippen molar-refractivity contribution in [3.8, 4) is 0 Å². The van der Waals surface area contributed by atoms with Crippen LogP contribution in [0.2, 0.25) is 0 Å². The van der Waals surface area contributed by atoms with Crippen LogP contribution in [-0.2, 0) is 11.3 Å². The highest BCUT2D eigenvalue weighted by Crippen LogP contribution is 2.07. The average Bonchev–Trinajstić information content (AvgIpc) is 2.01. The minimum absolute atomic E-state index is 0.114. The van der Waals surface area contributed by atoms with Gasteiger partial charge in [0.2, 0.25) is 6.29 Å². The number of aliphatic hydroxyl groups excluding tert-OH is 1. The van der Waals surface area contributed by atoms with Crippen molar-refractivity contribution in [2.45, 2.75) is 19.6 Å². The van der Waals surface area contributed by atoms with E-state index in [1.807, 2.05) is 25.1 Å². The minimum atomic E-state index is -1.40. The minimum Gasteiger partial charge on any atom is -0.368 e. The zero-order valence-electron chi connectivity index (χ0n) is 7.71. The van der Waals surface area contributed by atoms with Gasteiger partial charge in [-0.2, -0.15) is 0 Å². The lowest BCUT2D eigenvalue weighted by Crippen LogP contribution is -2.18. The van der Waals surface area contributed by atoms with Gasteiger partial charge in [-0.1, -0.05) is 29.8 Å². The van der Waals surface area contributed by atoms with Gasteiger partial charge in [0.25, 0.3) is 5.09 Å². The van der Waals surface area contributed by atoms with E-state index in [0.717, 1.165) is 11.1 Å². The Balaban J connectivity index is 2.55. The molecule has 0 spiro atoms. The fourth-order valence-electron chi connectivity index (χ4n) is 1.18. The van der Waals surface area contributed by atoms with Gasteiger partial charge < -0.3 is 5.11 Å². The van der Waals surface area contributed by atoms with Gasteiger partial charge in [-0.15, -0.1) is 10.1 Å². The molecular formula is C9H11NO4. The highest BCUT2D eigenvalue weighted by Gasteiger charge is 2.09. The van der Waals surface area contributed by atoms with Crippen LogP contribution in [0.5, 0.6) is 0 Å². The first-order valence-corrected chi connectivity index (χ1v) is 4.12. The molecule has 0 aliphatic heterocycles. The Morgan fingerprint density at radius 3 is 2.93 bits per heavy atom. The molecule has 1 N–H and O–H groups in total. The maximum absolute atomic E-state index is 9.89. The summed E-state index contributed by atoms with van der Waals surface area (Å²) >= 11 is 0. The van der Waals surface area contributed by atoms with Crippen molar-refractivity contribution in [3.05, 3.63) is 45.5 Å². The molecule has 0 heterocycles. The fraction of sp³-hybridized carbons (Fsp3) is 0.333. The number of hydrogen-bond acceptors (Lipinski definition) is 4. The highest BCUT2D eigenvalue weighted by molar-refractivity contribution is 5.22. The van der Waals surface area contributed by atoms with Crippen molar-refractivity contribution in [2.24, 2.45) is 0 Å². The standard InChI is InChI=1S/C9H11NO4/c1-7-3-2-4-8(5-7)6-9(11)14-10(12)13/h2-5,9,11H,6H2,1H3. The molecule has 0 saturated heterocycles. The van der Waals surface area contributed by atoms with Crippen molar-refractivity contribution in [1.29, 1.82) is 0 Å². The molecule has 5 heteroatoms. The van der Waals surface area contributed by atoms with Crippen LogP contribution in [0.15, 0.2) is 24.3 Å². The number of hydrogen-bond donors (Lipinski definition) is 1. The summed E-state index contributed by atoms with van der Waals surface area (Å²) in [6.07, 6.45) is -1.28. The molecule has 76 valence electrons. The molecule has 1 aromatic rings. The Kier molecular flexibility index (Phi) is 3.41. The Hall–Kier alpha value is -1.62. The molecule has 1 atom stereocenters. The molecule has 1 aromatic carbocycles. The molecule has 0 amide bonds. The summed E-state index contributed by atoms with van der Waals surface area (Å²) in [5.41, 5.74) is 1.84. The van der Waals surface area contributed by atoms with Crippen LogP contribution in [0.25, 0.3) is 0 Å². The third-order valence-corrected chi connectivity index (χ3v) is 1.70. The summed E-state index contributed by atoms with van der Waals surface area (Å²) in [6, 6.07) is 7.35. The summed E-state index contributed by atoms with van der Waals surface area (Å²) in [5, 5.41) is 18.0. The molecule has 0 aromatic heterocycles. The van der Waals surface area contributed by atoms with Gasteiger partial charge in [0.1, 0.15) is 0 Å². The summed E-state index contributed by atoms with van der Waals surface area (Å²) in [6.45, 7) is 1.91. The predicted octanol–water partition coefficient (Wildman–Crippen LogP) is 1.06. The molecule has 0 aliphatic carbocycles. The zero-order valence-corrected chi connectivity index (χ0v) is 7.71. The van der Waals surface area contributed by atoms with Gasteiger partial charge in [-0.05, 0) is 12.5 Å². The molecule has 0 fully saturated rings. The van der Waals surface area contributed by atoms with Crippen LogP contribution in [0.1, 0.15) is 11.1 Å². The summed E-state index contributed by atoms with van der Waals surface area (Å²) in [4.78, 5) is 13.9. The molecular weight excluding hydrogens is 186 g/mol. The first-order valence-electron chi connectivity index (χ1n) is 4.12. The van der Waals surface area contributed by atoms with Crippen molar-refractivity contribution < 1.29 is 15.0 Å². The Morgan fingerprint density at radius 1 is 1.64 bits per heavy atom. The average molecular weight is 197 g/mol. The molecule has 1 rings (SSSR count). The Morgan fingerprint density at radius 2 is 2.36 bits per heavy atom. The number of benzene rings is 1. The van der Waals surface area contributed by atoms with Gasteiger partial charge in [0.05, 0.1) is 0 Å². The first kappa shape index (κ1) is 10.5. The third-order valence-electron chi connectivity index (χ3n) is 1.70. The van der Waals surface area contributed by atoms with Gasteiger partial charge in [0, 0.05) is 6.42 Å². The van der Waals surface area contributed by atoms with E-state index < -0.39 is 11.4 Å². The predicted molar refractivity (Wildman–Crippen MR) is 49.0 cm³/mol. The topological polar surface area (TPSA) is 72.6 Å². The molecule has 1 unspecified atom stereocenters. The fourth-order valence-corrected chi connectivity index (χ4v) is 1.18. The largest absolute Gasteiger partial charge is 0.368 e. The van der Waals surface area contributed by atoms with Gasteiger partial charge in [0.15, 0.2) is 0 Å². The van der Waals surface area contributed by atoms with Crippen molar-refractivity contribution in [3.63, 3.8) is 0 Å². The third kappa shape index (κ3) is 3.40. The molecule has 14 heavy (non-hydrogen) atoms. The lowest BCUT2D eigenvalue weighted by atomic mass is 10.1. The summed E-state index contributed by atoms with van der Waals surface area (Å²) < 4.78 is 0. The smallest absolute Gasteiger partial charge is 0.297 e. The number of aliphatic hydroxyl groups is 1. The number of rotatable bonds is 4. The van der Waals surface area contributed by atoms with E-state index in [1.54, 1.807) is 6.07 Å². The van der Waals surface area contributed by atoms with Crippen molar-refractivity contribution >= 4 is 0 Å². The molecule has 0 saturated carbocycles. The first-order chi connectivity index (χ1) is 6.58. The van der Waals surface area contributed by atoms with Crippen LogP contribution in [-0.4, -0.2) is 16.5 Å². The van der Waals surface area contributed by atoms with E-state index in [0.29, 0.717) is 0 Å². The monoisotopic (exact) mass is 197 g/mol. The van der Waals surface area contributed by atoms with Crippen LogP contribution >= 0.6 is 0 Å². The summed E-state index contributed by atoms with van der Waals surface area (Å²) in [5.74, 6) is 0. The van der Waals surface area contributed by atoms with Crippen LogP contribution in [0, 0.1) is 17.0 Å². The van der Waals surface area contributed by atoms with Gasteiger partial charge in [-0.3, -0.25) is 4.84 Å². The van der Waals surface area contributed by atoms with E-state index in [4.69, 9.17) is 5.11 Å².